The van der Waals surface area contributed by atoms with Crippen LogP contribution in [0.2, 0.25) is 0 Å². The van der Waals surface area contributed by atoms with E-state index in [1.807, 2.05) is 28.8 Å². The Bertz CT molecular complexity index is 1460. The van der Waals surface area contributed by atoms with Gasteiger partial charge in [-0.15, -0.1) is 0 Å². The van der Waals surface area contributed by atoms with Crippen LogP contribution >= 0.6 is 15.9 Å². The van der Waals surface area contributed by atoms with Gasteiger partial charge in [0.15, 0.2) is 0 Å². The van der Waals surface area contributed by atoms with Gasteiger partial charge in [-0.25, -0.2) is 4.79 Å². The lowest BCUT2D eigenvalue weighted by atomic mass is 10.1. The minimum absolute atomic E-state index is 0.0810. The number of nitrogens with zero attached hydrogens (tertiary/aromatic N) is 5. The van der Waals surface area contributed by atoms with Crippen LogP contribution < -0.4 is 11.2 Å². The van der Waals surface area contributed by atoms with Crippen LogP contribution in [0.4, 0.5) is 0 Å². The zero-order chi connectivity index (χ0) is 23.8. The number of ether oxygens (including phenoxy) is 1. The van der Waals surface area contributed by atoms with E-state index < -0.39 is 0 Å². The third kappa shape index (κ3) is 4.22. The van der Waals surface area contributed by atoms with Crippen molar-refractivity contribution in [3.05, 3.63) is 67.8 Å². The average molecular weight is 526 g/mol. The van der Waals surface area contributed by atoms with Crippen molar-refractivity contribution in [2.45, 2.75) is 52.2 Å². The monoisotopic (exact) mass is 525 g/mol. The van der Waals surface area contributed by atoms with Gasteiger partial charge in [0.25, 0.3) is 5.56 Å². The van der Waals surface area contributed by atoms with Gasteiger partial charge in [0, 0.05) is 36.5 Å². The highest BCUT2D eigenvalue weighted by Crippen LogP contribution is 2.25. The third-order valence-corrected chi connectivity index (χ3v) is 7.07. The van der Waals surface area contributed by atoms with Crippen molar-refractivity contribution in [2.24, 2.45) is 5.92 Å². The Labute approximate surface area is 205 Å². The normalized spacial score (nSPS) is 15.1. The molecule has 3 aromatic heterocycles. The molecule has 178 valence electrons. The zero-order valence-corrected chi connectivity index (χ0v) is 21.0. The van der Waals surface area contributed by atoms with Crippen LogP contribution in [0.1, 0.15) is 45.0 Å². The first-order valence-corrected chi connectivity index (χ1v) is 12.5. The molecule has 0 saturated carbocycles. The Balaban J connectivity index is 1.67. The molecule has 9 heteroatoms. The SMILES string of the molecule is CC(C)CCn1c(Cn2c(=O)n(C3CCOCC3)c3ccncc32)nc(=O)c2cc(Br)ccc21. The summed E-state index contributed by atoms with van der Waals surface area (Å²) in [7, 11) is 0. The fraction of sp³-hybridized carbons (Fsp3) is 0.440. The van der Waals surface area contributed by atoms with Crippen LogP contribution in [-0.4, -0.2) is 36.9 Å². The standard InChI is InChI=1S/C25H28BrN5O3/c1-16(2)6-10-29-20-4-3-17(26)13-19(20)24(32)28-23(29)15-30-22-14-27-9-5-21(22)31(25(30)33)18-7-11-34-12-8-18/h3-5,9,13-14,16,18H,6-8,10-12,15H2,1-2H3. The molecule has 1 aliphatic rings. The molecule has 0 aliphatic carbocycles. The summed E-state index contributed by atoms with van der Waals surface area (Å²) in [4.78, 5) is 35.4. The molecule has 34 heavy (non-hydrogen) atoms. The lowest BCUT2D eigenvalue weighted by molar-refractivity contribution is 0.0696. The Morgan fingerprint density at radius 3 is 2.65 bits per heavy atom. The fourth-order valence-corrected chi connectivity index (χ4v) is 5.13. The van der Waals surface area contributed by atoms with Gasteiger partial charge < -0.3 is 9.30 Å². The summed E-state index contributed by atoms with van der Waals surface area (Å²) in [6.45, 7) is 6.55. The van der Waals surface area contributed by atoms with Crippen molar-refractivity contribution < 1.29 is 4.74 Å². The molecule has 0 radical (unpaired) electrons. The van der Waals surface area contributed by atoms with Crippen LogP contribution in [-0.2, 0) is 17.8 Å². The maximum Gasteiger partial charge on any atom is 0.329 e. The molecule has 1 aliphatic heterocycles. The highest BCUT2D eigenvalue weighted by Gasteiger charge is 2.24. The first-order valence-electron chi connectivity index (χ1n) is 11.8. The number of aromatic nitrogens is 5. The number of rotatable bonds is 6. The summed E-state index contributed by atoms with van der Waals surface area (Å²) in [5.74, 6) is 1.07. The molecule has 0 amide bonds. The molecular formula is C25H28BrN5O3. The number of fused-ring (bicyclic) bond motifs is 2. The summed E-state index contributed by atoms with van der Waals surface area (Å²) >= 11 is 3.46. The van der Waals surface area contributed by atoms with Crippen molar-refractivity contribution in [1.82, 2.24) is 23.7 Å². The Kier molecular flexibility index (Phi) is 6.40. The summed E-state index contributed by atoms with van der Waals surface area (Å²) in [5.41, 5.74) is 2.05. The van der Waals surface area contributed by atoms with Gasteiger partial charge in [-0.2, -0.15) is 4.98 Å². The fourth-order valence-electron chi connectivity index (χ4n) is 4.77. The molecule has 5 rings (SSSR count). The highest BCUT2D eigenvalue weighted by molar-refractivity contribution is 9.10. The van der Waals surface area contributed by atoms with Gasteiger partial charge in [0.05, 0.1) is 34.7 Å². The van der Waals surface area contributed by atoms with Crippen molar-refractivity contribution in [3.8, 4) is 0 Å². The quantitative estimate of drug-likeness (QED) is 0.378. The molecule has 1 saturated heterocycles. The number of aryl methyl sites for hydroxylation is 1. The van der Waals surface area contributed by atoms with Crippen LogP contribution in [0, 0.1) is 5.92 Å². The molecule has 0 bridgehead atoms. The van der Waals surface area contributed by atoms with E-state index in [9.17, 15) is 9.59 Å². The highest BCUT2D eigenvalue weighted by atomic mass is 79.9. The molecule has 0 spiro atoms. The number of imidazole rings is 1. The maximum absolute atomic E-state index is 13.7. The van der Waals surface area contributed by atoms with Gasteiger partial charge in [0.1, 0.15) is 5.82 Å². The lowest BCUT2D eigenvalue weighted by Gasteiger charge is -2.23. The summed E-state index contributed by atoms with van der Waals surface area (Å²) in [5, 5.41) is 0.570. The topological polar surface area (TPSA) is 83.9 Å². The van der Waals surface area contributed by atoms with Gasteiger partial charge in [-0.1, -0.05) is 29.8 Å². The second kappa shape index (κ2) is 9.46. The minimum atomic E-state index is -0.286. The molecule has 1 aromatic carbocycles. The lowest BCUT2D eigenvalue weighted by Crippen LogP contribution is -2.32. The van der Waals surface area contributed by atoms with Gasteiger partial charge >= 0.3 is 5.69 Å². The van der Waals surface area contributed by atoms with Crippen molar-refractivity contribution >= 4 is 37.9 Å². The van der Waals surface area contributed by atoms with E-state index in [0.717, 1.165) is 40.3 Å². The van der Waals surface area contributed by atoms with Gasteiger partial charge in [-0.05, 0) is 49.4 Å². The molecule has 0 unspecified atom stereocenters. The van der Waals surface area contributed by atoms with Crippen LogP contribution in [0.5, 0.6) is 0 Å². The molecule has 1 fully saturated rings. The zero-order valence-electron chi connectivity index (χ0n) is 19.4. The maximum atomic E-state index is 13.7. The Morgan fingerprint density at radius 1 is 1.09 bits per heavy atom. The van der Waals surface area contributed by atoms with E-state index in [4.69, 9.17) is 4.74 Å². The molecule has 8 nitrogen and oxygen atoms in total. The molecule has 0 N–H and O–H groups in total. The molecular weight excluding hydrogens is 498 g/mol. The molecule has 4 aromatic rings. The second-order valence-electron chi connectivity index (χ2n) is 9.28. The molecule has 0 atom stereocenters. The van der Waals surface area contributed by atoms with Crippen LogP contribution in [0.3, 0.4) is 0 Å². The number of benzene rings is 1. The van der Waals surface area contributed by atoms with E-state index in [0.29, 0.717) is 36.9 Å². The summed E-state index contributed by atoms with van der Waals surface area (Å²) in [6.07, 6.45) is 5.96. The Hall–Kier alpha value is -2.78. The van der Waals surface area contributed by atoms with Crippen molar-refractivity contribution in [1.29, 1.82) is 0 Å². The van der Waals surface area contributed by atoms with Crippen molar-refractivity contribution in [3.63, 3.8) is 0 Å². The number of halogens is 1. The molecule has 4 heterocycles. The first-order chi connectivity index (χ1) is 16.4. The van der Waals surface area contributed by atoms with E-state index in [1.165, 1.54) is 0 Å². The summed E-state index contributed by atoms with van der Waals surface area (Å²) < 4.78 is 12.0. The number of hydrogen-bond donors (Lipinski definition) is 0. The smallest absolute Gasteiger partial charge is 0.329 e. The van der Waals surface area contributed by atoms with Crippen LogP contribution in [0.15, 0.2) is 50.7 Å². The predicted molar refractivity (Wildman–Crippen MR) is 135 cm³/mol. The largest absolute Gasteiger partial charge is 0.381 e. The van der Waals surface area contributed by atoms with E-state index >= 15 is 0 Å². The Morgan fingerprint density at radius 2 is 1.88 bits per heavy atom. The number of hydrogen-bond acceptors (Lipinski definition) is 5. The predicted octanol–water partition coefficient (Wildman–Crippen LogP) is 4.12. The van der Waals surface area contributed by atoms with E-state index in [1.54, 1.807) is 17.0 Å². The third-order valence-electron chi connectivity index (χ3n) is 6.57. The van der Waals surface area contributed by atoms with Crippen LogP contribution in [0.25, 0.3) is 21.9 Å². The van der Waals surface area contributed by atoms with E-state index in [-0.39, 0.29) is 23.8 Å². The second-order valence-corrected chi connectivity index (χ2v) is 10.2. The number of pyridine rings is 1. The van der Waals surface area contributed by atoms with E-state index in [2.05, 4.69) is 44.3 Å². The van der Waals surface area contributed by atoms with Gasteiger partial charge in [-0.3, -0.25) is 18.9 Å². The first kappa shape index (κ1) is 23.0. The summed E-state index contributed by atoms with van der Waals surface area (Å²) in [6, 6.07) is 7.66. The van der Waals surface area contributed by atoms with Crippen molar-refractivity contribution in [2.75, 3.05) is 13.2 Å². The minimum Gasteiger partial charge on any atom is -0.381 e. The average Bonchev–Trinajstić information content (AvgIpc) is 3.11. The van der Waals surface area contributed by atoms with Gasteiger partial charge in [0.2, 0.25) is 0 Å².